The number of nitro benzene ring substituents is 1. The molecule has 0 N–H and O–H groups in total. The molecule has 0 aliphatic rings. The summed E-state index contributed by atoms with van der Waals surface area (Å²) >= 11 is 0. The molecule has 1 rings (SSSR count). The van der Waals surface area contributed by atoms with Crippen molar-refractivity contribution in [2.24, 2.45) is 4.99 Å². The number of carbonyl (C=O) groups excluding carboxylic acids is 1. The molecule has 0 aliphatic carbocycles. The van der Waals surface area contributed by atoms with Crippen LogP contribution in [-0.2, 0) is 4.79 Å². The van der Waals surface area contributed by atoms with Crippen molar-refractivity contribution in [3.05, 3.63) is 34.4 Å². The summed E-state index contributed by atoms with van der Waals surface area (Å²) in [7, 11) is 0. The van der Waals surface area contributed by atoms with Gasteiger partial charge in [-0.05, 0) is 6.07 Å². The molecule has 5 nitrogen and oxygen atoms in total. The molecule has 5 heteroatoms. The summed E-state index contributed by atoms with van der Waals surface area (Å²) in [5.41, 5.74) is 0.203. The molecule has 0 fully saturated rings. The first-order valence-corrected chi connectivity index (χ1v) is 3.95. The van der Waals surface area contributed by atoms with E-state index < -0.39 is 4.92 Å². The number of carbonyl (C=O) groups is 1. The molecular formula is C9H8N2O3. The number of hydrogen-bond acceptors (Lipinski definition) is 4. The molecule has 0 unspecified atom stereocenters. The first-order chi connectivity index (χ1) is 6.75. The van der Waals surface area contributed by atoms with Crippen molar-refractivity contribution in [1.29, 1.82) is 0 Å². The van der Waals surface area contributed by atoms with E-state index in [-0.39, 0.29) is 17.8 Å². The van der Waals surface area contributed by atoms with Crippen molar-refractivity contribution in [2.45, 2.75) is 6.42 Å². The Kier molecular flexibility index (Phi) is 3.49. The van der Waals surface area contributed by atoms with Gasteiger partial charge < -0.3 is 4.79 Å². The smallest absolute Gasteiger partial charge is 0.294 e. The molecule has 1 aromatic carbocycles. The number of aliphatic imine (C=N–C) groups is 1. The van der Waals surface area contributed by atoms with E-state index in [0.717, 1.165) is 0 Å². The van der Waals surface area contributed by atoms with E-state index in [1.807, 2.05) is 0 Å². The Balaban J connectivity index is 2.95. The highest BCUT2D eigenvalue weighted by Crippen LogP contribution is 2.25. The third-order valence-electron chi connectivity index (χ3n) is 1.51. The molecule has 0 amide bonds. The van der Waals surface area contributed by atoms with Gasteiger partial charge >= 0.3 is 0 Å². The number of benzene rings is 1. The van der Waals surface area contributed by atoms with Crippen molar-refractivity contribution >= 4 is 23.9 Å². The molecule has 0 aromatic heterocycles. The van der Waals surface area contributed by atoms with Gasteiger partial charge in [0.1, 0.15) is 12.0 Å². The van der Waals surface area contributed by atoms with Crippen molar-refractivity contribution < 1.29 is 9.72 Å². The average molecular weight is 192 g/mol. The molecule has 0 radical (unpaired) electrons. The number of para-hydroxylation sites is 2. The predicted octanol–water partition coefficient (Wildman–Crippen LogP) is 1.89. The van der Waals surface area contributed by atoms with Crippen LogP contribution in [0.2, 0.25) is 0 Å². The SMILES string of the molecule is O=CCC=Nc1ccccc1[N+](=O)[O-]. The molecule has 0 atom stereocenters. The Morgan fingerprint density at radius 2 is 2.14 bits per heavy atom. The Labute approximate surface area is 80.2 Å². The Bertz CT molecular complexity index is 374. The highest BCUT2D eigenvalue weighted by Gasteiger charge is 2.09. The van der Waals surface area contributed by atoms with E-state index in [9.17, 15) is 14.9 Å². The van der Waals surface area contributed by atoms with Gasteiger partial charge in [0.15, 0.2) is 0 Å². The molecule has 0 aliphatic heterocycles. The maximum Gasteiger partial charge on any atom is 0.294 e. The van der Waals surface area contributed by atoms with Crippen LogP contribution in [0.1, 0.15) is 6.42 Å². The summed E-state index contributed by atoms with van der Waals surface area (Å²) in [6, 6.07) is 6.12. The lowest BCUT2D eigenvalue weighted by Crippen LogP contribution is -1.87. The molecule has 0 saturated carbocycles. The van der Waals surface area contributed by atoms with Crippen LogP contribution in [0, 0.1) is 10.1 Å². The summed E-state index contributed by atoms with van der Waals surface area (Å²) in [4.78, 5) is 23.8. The highest BCUT2D eigenvalue weighted by atomic mass is 16.6. The normalized spacial score (nSPS) is 10.3. The fourth-order valence-electron chi connectivity index (χ4n) is 0.922. The van der Waals surface area contributed by atoms with Gasteiger partial charge in [0, 0.05) is 18.7 Å². The van der Waals surface area contributed by atoms with E-state index in [2.05, 4.69) is 4.99 Å². The zero-order chi connectivity index (χ0) is 10.4. The lowest BCUT2D eigenvalue weighted by molar-refractivity contribution is -0.384. The first kappa shape index (κ1) is 10.0. The maximum absolute atomic E-state index is 10.5. The second-order valence-corrected chi connectivity index (χ2v) is 2.46. The van der Waals surface area contributed by atoms with Crippen LogP contribution in [0.4, 0.5) is 11.4 Å². The van der Waals surface area contributed by atoms with Crippen molar-refractivity contribution in [3.8, 4) is 0 Å². The Morgan fingerprint density at radius 3 is 2.79 bits per heavy atom. The monoisotopic (exact) mass is 192 g/mol. The van der Waals surface area contributed by atoms with Crippen LogP contribution in [0.15, 0.2) is 29.3 Å². The summed E-state index contributed by atoms with van der Waals surface area (Å²) < 4.78 is 0. The minimum absolute atomic E-state index is 0.0605. The number of nitro groups is 1. The van der Waals surface area contributed by atoms with E-state index in [4.69, 9.17) is 0 Å². The quantitative estimate of drug-likeness (QED) is 0.316. The minimum atomic E-state index is -0.506. The van der Waals surface area contributed by atoms with Crippen LogP contribution in [-0.4, -0.2) is 17.4 Å². The van der Waals surface area contributed by atoms with Crippen LogP contribution in [0.25, 0.3) is 0 Å². The van der Waals surface area contributed by atoms with Crippen molar-refractivity contribution in [1.82, 2.24) is 0 Å². The van der Waals surface area contributed by atoms with E-state index in [1.165, 1.54) is 18.3 Å². The van der Waals surface area contributed by atoms with Crippen molar-refractivity contribution in [2.75, 3.05) is 0 Å². The van der Waals surface area contributed by atoms with Gasteiger partial charge in [-0.25, -0.2) is 0 Å². The molecule has 0 saturated heterocycles. The van der Waals surface area contributed by atoms with Gasteiger partial charge in [-0.3, -0.25) is 15.1 Å². The predicted molar refractivity (Wildman–Crippen MR) is 51.9 cm³/mol. The highest BCUT2D eigenvalue weighted by molar-refractivity contribution is 5.79. The largest absolute Gasteiger partial charge is 0.303 e. The van der Waals surface area contributed by atoms with Gasteiger partial charge in [0.05, 0.1) is 4.92 Å². The zero-order valence-electron chi connectivity index (χ0n) is 7.29. The van der Waals surface area contributed by atoms with Gasteiger partial charge in [-0.1, -0.05) is 12.1 Å². The fourth-order valence-corrected chi connectivity index (χ4v) is 0.922. The summed E-state index contributed by atoms with van der Waals surface area (Å²) in [6.45, 7) is 0. The topological polar surface area (TPSA) is 72.6 Å². The molecule has 0 heterocycles. The van der Waals surface area contributed by atoms with Gasteiger partial charge in [0.2, 0.25) is 0 Å². The summed E-state index contributed by atoms with van der Waals surface area (Å²) in [5, 5.41) is 10.5. The molecular weight excluding hydrogens is 184 g/mol. The maximum atomic E-state index is 10.5. The lowest BCUT2D eigenvalue weighted by Gasteiger charge is -1.94. The summed E-state index contributed by atoms with van der Waals surface area (Å²) in [5.74, 6) is 0. The minimum Gasteiger partial charge on any atom is -0.303 e. The van der Waals surface area contributed by atoms with Gasteiger partial charge in [0.25, 0.3) is 5.69 Å². The second-order valence-electron chi connectivity index (χ2n) is 2.46. The standard InChI is InChI=1S/C9H8N2O3/c12-7-3-6-10-8-4-1-2-5-9(8)11(13)14/h1-2,4-7H,3H2. The number of nitrogens with zero attached hydrogens (tertiary/aromatic N) is 2. The molecule has 0 spiro atoms. The third-order valence-corrected chi connectivity index (χ3v) is 1.51. The van der Waals surface area contributed by atoms with Crippen LogP contribution in [0.3, 0.4) is 0 Å². The van der Waals surface area contributed by atoms with Gasteiger partial charge in [-0.2, -0.15) is 0 Å². The average Bonchev–Trinajstić information content (AvgIpc) is 2.19. The molecule has 14 heavy (non-hydrogen) atoms. The van der Waals surface area contributed by atoms with Crippen LogP contribution < -0.4 is 0 Å². The number of aldehydes is 1. The number of rotatable bonds is 4. The second kappa shape index (κ2) is 4.86. The zero-order valence-corrected chi connectivity index (χ0v) is 7.29. The summed E-state index contributed by atoms with van der Waals surface area (Å²) in [6.07, 6.45) is 2.18. The fraction of sp³-hybridized carbons (Fsp3) is 0.111. The van der Waals surface area contributed by atoms with E-state index in [0.29, 0.717) is 6.29 Å². The molecule has 0 bridgehead atoms. The first-order valence-electron chi connectivity index (χ1n) is 3.95. The van der Waals surface area contributed by atoms with Crippen LogP contribution in [0.5, 0.6) is 0 Å². The third kappa shape index (κ3) is 2.48. The van der Waals surface area contributed by atoms with Crippen LogP contribution >= 0.6 is 0 Å². The van der Waals surface area contributed by atoms with E-state index >= 15 is 0 Å². The molecule has 1 aromatic rings. The molecule has 72 valence electrons. The van der Waals surface area contributed by atoms with E-state index in [1.54, 1.807) is 12.1 Å². The Morgan fingerprint density at radius 1 is 1.43 bits per heavy atom. The Hall–Kier alpha value is -2.04. The number of hydrogen-bond donors (Lipinski definition) is 0. The lowest BCUT2D eigenvalue weighted by atomic mass is 10.3. The van der Waals surface area contributed by atoms with Gasteiger partial charge in [-0.15, -0.1) is 0 Å². The van der Waals surface area contributed by atoms with Crippen molar-refractivity contribution in [3.63, 3.8) is 0 Å².